The third kappa shape index (κ3) is 8.21. The fraction of sp³-hybridized carbons (Fsp3) is 0. The van der Waals surface area contributed by atoms with Crippen LogP contribution in [-0.2, 0) is 26.5 Å². The van der Waals surface area contributed by atoms with Crippen molar-refractivity contribution in [1.82, 2.24) is 0 Å². The van der Waals surface area contributed by atoms with Crippen molar-refractivity contribution in [2.75, 3.05) is 0 Å². The predicted octanol–water partition coefficient (Wildman–Crippen LogP) is 7.34. The first-order valence-corrected chi connectivity index (χ1v) is 12.2. The molecule has 0 aromatic heterocycles. The van der Waals surface area contributed by atoms with E-state index in [-0.39, 0.29) is 21.7 Å². The van der Waals surface area contributed by atoms with Gasteiger partial charge in [0.15, 0.2) is 0 Å². The number of carbonyl (C=O) groups is 3. The Bertz CT molecular complexity index is 1600. The number of carboxylic acid groups (broad SMARTS) is 3. The summed E-state index contributed by atoms with van der Waals surface area (Å²) < 4.78 is 0. The van der Waals surface area contributed by atoms with Gasteiger partial charge >= 0.3 is 17.9 Å². The Morgan fingerprint density at radius 2 is 0.595 bits per heavy atom. The second-order valence-electron chi connectivity index (χ2n) is 8.50. The molecule has 0 saturated carbocycles. The number of carbonyl (C=O) groups excluding carboxylic acids is 1. The van der Waals surface area contributed by atoms with Crippen molar-refractivity contribution in [3.8, 4) is 0 Å². The van der Waals surface area contributed by atoms with Gasteiger partial charge in [0.2, 0.25) is 0 Å². The molecule has 0 amide bonds. The number of carboxylic acids is 3. The molecule has 0 atom stereocenters. The van der Waals surface area contributed by atoms with E-state index in [2.05, 4.69) is 6.79 Å². The first kappa shape index (κ1) is 33.1. The van der Waals surface area contributed by atoms with Crippen molar-refractivity contribution >= 4 is 57.0 Å². The van der Waals surface area contributed by atoms with Crippen LogP contribution in [-0.4, -0.2) is 40.0 Å². The van der Waals surface area contributed by atoms with Crippen LogP contribution >= 0.6 is 0 Å². The molecule has 3 N–H and O–H groups in total. The van der Waals surface area contributed by atoms with Crippen LogP contribution in [0.1, 0.15) is 31.1 Å². The number of fused-ring (bicyclic) bond motifs is 3. The molecule has 0 bridgehead atoms. The van der Waals surface area contributed by atoms with Gasteiger partial charge in [-0.25, -0.2) is 14.4 Å². The van der Waals surface area contributed by atoms with E-state index in [1.165, 1.54) is 0 Å². The number of benzene rings is 6. The van der Waals surface area contributed by atoms with Gasteiger partial charge in [-0.1, -0.05) is 109 Å². The van der Waals surface area contributed by atoms with Gasteiger partial charge < -0.3 is 20.1 Å². The molecule has 0 fully saturated rings. The molecule has 0 aliphatic rings. The number of aromatic carboxylic acids is 3. The molecular weight excluding hydrogens is 568 g/mol. The molecule has 7 nitrogen and oxygen atoms in total. The van der Waals surface area contributed by atoms with Gasteiger partial charge in [0, 0.05) is 21.7 Å². The molecule has 0 heterocycles. The van der Waals surface area contributed by atoms with Crippen LogP contribution in [0.15, 0.2) is 127 Å². The minimum atomic E-state index is -0.878. The Labute approximate surface area is 256 Å². The molecule has 0 aliphatic heterocycles. The zero-order chi connectivity index (χ0) is 29.8. The molecule has 0 unspecified atom stereocenters. The van der Waals surface area contributed by atoms with Gasteiger partial charge in [0.1, 0.15) is 0 Å². The van der Waals surface area contributed by atoms with Gasteiger partial charge in [-0.15, -0.1) is 0 Å². The van der Waals surface area contributed by atoms with Crippen molar-refractivity contribution in [3.05, 3.63) is 144 Å². The molecule has 8 heteroatoms. The SMILES string of the molecule is O=C(O)c1cccc2ccccc12.O=C(O)c1cccc2ccccc12.O=C(O)c1cccc2ccccc12.[CH-]=O.[Ti]. The van der Waals surface area contributed by atoms with Crippen molar-refractivity contribution in [2.45, 2.75) is 0 Å². The Hall–Kier alpha value is -5.11. The van der Waals surface area contributed by atoms with E-state index < -0.39 is 17.9 Å². The third-order valence-corrected chi connectivity index (χ3v) is 6.06. The molecular formula is C34H25O7Ti-. The zero-order valence-corrected chi connectivity index (χ0v) is 23.7. The molecule has 208 valence electrons. The largest absolute Gasteiger partial charge is 0.545 e. The van der Waals surface area contributed by atoms with Crippen LogP contribution < -0.4 is 0 Å². The van der Waals surface area contributed by atoms with E-state index in [9.17, 15) is 14.4 Å². The first-order chi connectivity index (χ1) is 19.9. The smallest absolute Gasteiger partial charge is 0.336 e. The van der Waals surface area contributed by atoms with Crippen LogP contribution in [0.4, 0.5) is 0 Å². The number of hydrogen-bond acceptors (Lipinski definition) is 4. The zero-order valence-electron chi connectivity index (χ0n) is 22.2. The molecule has 0 spiro atoms. The van der Waals surface area contributed by atoms with E-state index in [4.69, 9.17) is 20.1 Å². The second-order valence-corrected chi connectivity index (χ2v) is 8.50. The normalized spacial score (nSPS) is 9.52. The van der Waals surface area contributed by atoms with Crippen LogP contribution in [0.5, 0.6) is 0 Å². The van der Waals surface area contributed by atoms with E-state index in [0.29, 0.717) is 16.7 Å². The van der Waals surface area contributed by atoms with E-state index >= 15 is 0 Å². The molecule has 42 heavy (non-hydrogen) atoms. The van der Waals surface area contributed by atoms with E-state index in [1.54, 1.807) is 36.4 Å². The quantitative estimate of drug-likeness (QED) is 0.111. The summed E-state index contributed by atoms with van der Waals surface area (Å²) in [6, 6.07) is 38.2. The fourth-order valence-electron chi connectivity index (χ4n) is 4.24. The van der Waals surface area contributed by atoms with Crippen molar-refractivity contribution in [1.29, 1.82) is 0 Å². The van der Waals surface area contributed by atoms with Crippen LogP contribution in [0.3, 0.4) is 0 Å². The molecule has 0 radical (unpaired) electrons. The standard InChI is InChI=1S/3C11H8O2.CHO.Ti/c3*12-11(13)10-7-3-5-8-4-1-2-6-9(8)10;1-2;/h3*1-7H,(H,12,13);1H;/q;;;-1;. The summed E-state index contributed by atoms with van der Waals surface area (Å²) in [5, 5.41) is 31.9. The van der Waals surface area contributed by atoms with Crippen LogP contribution in [0.25, 0.3) is 32.3 Å². The maximum absolute atomic E-state index is 10.8. The van der Waals surface area contributed by atoms with Gasteiger partial charge in [0.25, 0.3) is 0 Å². The Balaban J connectivity index is 0.000000211. The van der Waals surface area contributed by atoms with Gasteiger partial charge in [-0.3, -0.25) is 6.79 Å². The molecule has 6 rings (SSSR count). The predicted molar refractivity (Wildman–Crippen MR) is 159 cm³/mol. The number of rotatable bonds is 3. The minimum absolute atomic E-state index is 0. The first-order valence-electron chi connectivity index (χ1n) is 12.2. The summed E-state index contributed by atoms with van der Waals surface area (Å²) in [6.45, 7) is 3.25. The monoisotopic (exact) mass is 593 g/mol. The summed E-state index contributed by atoms with van der Waals surface area (Å²) in [7, 11) is 0. The fourth-order valence-corrected chi connectivity index (χ4v) is 4.24. The van der Waals surface area contributed by atoms with Gasteiger partial charge in [0.05, 0.1) is 16.7 Å². The molecule has 6 aromatic rings. The molecule has 0 aliphatic carbocycles. The Morgan fingerprint density at radius 1 is 0.381 bits per heavy atom. The summed E-state index contributed by atoms with van der Waals surface area (Å²) >= 11 is 0. The summed E-state index contributed by atoms with van der Waals surface area (Å²) in [5.74, 6) is -2.63. The third-order valence-electron chi connectivity index (χ3n) is 6.06. The maximum Gasteiger partial charge on any atom is 0.336 e. The topological polar surface area (TPSA) is 129 Å². The summed E-state index contributed by atoms with van der Waals surface area (Å²) in [5.41, 5.74) is 1.08. The Kier molecular flexibility index (Phi) is 12.8. The maximum atomic E-state index is 10.8. The Morgan fingerprint density at radius 3 is 0.833 bits per heavy atom. The number of hydrogen-bond donors (Lipinski definition) is 3. The van der Waals surface area contributed by atoms with E-state index in [1.807, 2.05) is 91.0 Å². The van der Waals surface area contributed by atoms with E-state index in [0.717, 1.165) is 32.3 Å². The second kappa shape index (κ2) is 16.2. The molecule has 0 saturated heterocycles. The minimum Gasteiger partial charge on any atom is -0.545 e. The van der Waals surface area contributed by atoms with Crippen LogP contribution in [0, 0.1) is 0 Å². The van der Waals surface area contributed by atoms with Gasteiger partial charge in [-0.05, 0) is 50.5 Å². The van der Waals surface area contributed by atoms with Crippen molar-refractivity contribution in [2.24, 2.45) is 0 Å². The van der Waals surface area contributed by atoms with Crippen molar-refractivity contribution in [3.63, 3.8) is 0 Å². The summed E-state index contributed by atoms with van der Waals surface area (Å²) in [4.78, 5) is 40.2. The average molecular weight is 593 g/mol. The summed E-state index contributed by atoms with van der Waals surface area (Å²) in [6.07, 6.45) is 0. The molecule has 6 aromatic carbocycles. The van der Waals surface area contributed by atoms with Gasteiger partial charge in [-0.2, -0.15) is 0 Å². The van der Waals surface area contributed by atoms with Crippen LogP contribution in [0.2, 0.25) is 0 Å². The van der Waals surface area contributed by atoms with Crippen molar-refractivity contribution < 1.29 is 56.2 Å². The average Bonchev–Trinajstić information content (AvgIpc) is 3.01.